The number of aldehydes is 2. The lowest BCUT2D eigenvalue weighted by Crippen LogP contribution is -2.36. The van der Waals surface area contributed by atoms with Crippen molar-refractivity contribution in [3.05, 3.63) is 64.5 Å². The Bertz CT molecular complexity index is 823. The first kappa shape index (κ1) is 24.7. The average molecular weight is 431 g/mol. The largest absolute Gasteiger partial charge is 0.379 e. The van der Waals surface area contributed by atoms with Gasteiger partial charge in [-0.05, 0) is 49.2 Å². The number of benzene rings is 2. The number of nitrogens with one attached hydrogen (secondary N) is 1. The molecule has 31 heavy (non-hydrogen) atoms. The van der Waals surface area contributed by atoms with Crippen LogP contribution in [0.5, 0.6) is 0 Å². The molecule has 0 atom stereocenters. The summed E-state index contributed by atoms with van der Waals surface area (Å²) in [6.07, 6.45) is 1.43. The fraction of sp³-hybridized carbons (Fsp3) is 0.417. The summed E-state index contributed by atoms with van der Waals surface area (Å²) in [6.45, 7) is 10.9. The highest BCUT2D eigenvalue weighted by atomic mass is 19.1. The van der Waals surface area contributed by atoms with Gasteiger partial charge in [-0.25, -0.2) is 4.39 Å². The van der Waals surface area contributed by atoms with Crippen molar-refractivity contribution in [3.63, 3.8) is 0 Å². The summed E-state index contributed by atoms with van der Waals surface area (Å²) >= 11 is 0. The van der Waals surface area contributed by atoms with Crippen LogP contribution in [0.4, 0.5) is 10.1 Å². The number of ether oxygens (including phenoxy) is 2. The second-order valence-electron chi connectivity index (χ2n) is 7.28. The predicted molar refractivity (Wildman–Crippen MR) is 120 cm³/mol. The number of hydrogen-bond donors (Lipinski definition) is 1. The van der Waals surface area contributed by atoms with Gasteiger partial charge in [-0.2, -0.15) is 0 Å². The average Bonchev–Trinajstić information content (AvgIpc) is 2.82. The molecule has 2 fully saturated rings. The molecular weight excluding hydrogens is 399 g/mol. The Morgan fingerprint density at radius 1 is 0.839 bits per heavy atom. The number of rotatable bonds is 3. The molecule has 0 amide bonds. The van der Waals surface area contributed by atoms with Crippen molar-refractivity contribution in [2.45, 2.75) is 13.8 Å². The summed E-state index contributed by atoms with van der Waals surface area (Å²) in [5.74, 6) is -0.449. The van der Waals surface area contributed by atoms with Gasteiger partial charge >= 0.3 is 0 Å². The highest BCUT2D eigenvalue weighted by Crippen LogP contribution is 2.21. The maximum atomic E-state index is 12.6. The van der Waals surface area contributed by atoms with Crippen LogP contribution in [0.1, 0.15) is 31.8 Å². The molecule has 0 aromatic heterocycles. The molecule has 2 heterocycles. The van der Waals surface area contributed by atoms with Gasteiger partial charge in [0.1, 0.15) is 5.82 Å². The van der Waals surface area contributed by atoms with Crippen LogP contribution in [-0.2, 0) is 9.47 Å². The van der Waals surface area contributed by atoms with Crippen molar-refractivity contribution in [3.8, 4) is 0 Å². The molecule has 1 N–H and O–H groups in total. The number of carbonyl (C=O) groups excluding carboxylic acids is 2. The normalized spacial score (nSPS) is 15.6. The fourth-order valence-electron chi connectivity index (χ4n) is 3.07. The van der Waals surface area contributed by atoms with Gasteiger partial charge in [-0.3, -0.25) is 9.59 Å². The maximum Gasteiger partial charge on any atom is 0.152 e. The number of morpholine rings is 2. The first-order chi connectivity index (χ1) is 15.0. The standard InChI is InChI=1S/C12H15NO2.C8H7FO.C4H9NO/c1-10-2-3-11(9-14)12(8-10)13-4-6-15-7-5-13;1-6-2-3-7(5-10)8(9)4-6;1-3-6-4-2-5-1/h2-3,8-9H,4-7H2,1H3;2-5H,1H3;5H,1-4H2. The minimum atomic E-state index is -0.449. The third kappa shape index (κ3) is 8.57. The molecule has 0 aliphatic carbocycles. The topological polar surface area (TPSA) is 67.9 Å². The lowest BCUT2D eigenvalue weighted by Gasteiger charge is -2.30. The van der Waals surface area contributed by atoms with Gasteiger partial charge in [0.05, 0.1) is 32.0 Å². The highest BCUT2D eigenvalue weighted by molar-refractivity contribution is 5.85. The van der Waals surface area contributed by atoms with Gasteiger partial charge in [0.25, 0.3) is 0 Å². The molecule has 2 aliphatic heterocycles. The minimum Gasteiger partial charge on any atom is -0.379 e. The Morgan fingerprint density at radius 3 is 1.87 bits per heavy atom. The molecule has 4 rings (SSSR count). The fourth-order valence-corrected chi connectivity index (χ4v) is 3.07. The molecule has 2 aromatic carbocycles. The van der Waals surface area contributed by atoms with Crippen LogP contribution in [0, 0.1) is 19.7 Å². The van der Waals surface area contributed by atoms with Crippen molar-refractivity contribution < 1.29 is 23.5 Å². The molecule has 7 heteroatoms. The highest BCUT2D eigenvalue weighted by Gasteiger charge is 2.14. The number of hydrogen-bond acceptors (Lipinski definition) is 6. The van der Waals surface area contributed by atoms with Gasteiger partial charge in [-0.15, -0.1) is 0 Å². The van der Waals surface area contributed by atoms with Crippen LogP contribution in [0.2, 0.25) is 0 Å². The summed E-state index contributed by atoms with van der Waals surface area (Å²) in [5.41, 5.74) is 3.92. The molecule has 2 aromatic rings. The third-order valence-electron chi connectivity index (χ3n) is 4.79. The van der Waals surface area contributed by atoms with Gasteiger partial charge in [0, 0.05) is 37.4 Å². The number of aryl methyl sites for hydroxylation is 2. The Balaban J connectivity index is 0.000000183. The van der Waals surface area contributed by atoms with Crippen molar-refractivity contribution in [2.75, 3.05) is 57.5 Å². The van der Waals surface area contributed by atoms with Gasteiger partial charge in [0.2, 0.25) is 0 Å². The summed E-state index contributed by atoms with van der Waals surface area (Å²) < 4.78 is 22.9. The molecule has 0 unspecified atom stereocenters. The molecule has 168 valence electrons. The van der Waals surface area contributed by atoms with Crippen LogP contribution >= 0.6 is 0 Å². The van der Waals surface area contributed by atoms with Crippen LogP contribution in [0.15, 0.2) is 36.4 Å². The number of nitrogens with zero attached hydrogens (tertiary/aromatic N) is 1. The molecule has 2 saturated heterocycles. The second-order valence-corrected chi connectivity index (χ2v) is 7.28. The summed E-state index contributed by atoms with van der Waals surface area (Å²) in [7, 11) is 0. The second kappa shape index (κ2) is 13.6. The first-order valence-electron chi connectivity index (χ1n) is 10.4. The zero-order valence-electron chi connectivity index (χ0n) is 18.2. The van der Waals surface area contributed by atoms with Crippen LogP contribution in [0.25, 0.3) is 0 Å². The molecule has 0 radical (unpaired) electrons. The van der Waals surface area contributed by atoms with E-state index < -0.39 is 5.82 Å². The van der Waals surface area contributed by atoms with Crippen LogP contribution < -0.4 is 10.2 Å². The van der Waals surface area contributed by atoms with E-state index in [2.05, 4.69) is 16.3 Å². The third-order valence-corrected chi connectivity index (χ3v) is 4.79. The lowest BCUT2D eigenvalue weighted by atomic mass is 10.1. The molecular formula is C24H31FN2O4. The van der Waals surface area contributed by atoms with E-state index in [1.165, 1.54) is 17.7 Å². The summed E-state index contributed by atoms with van der Waals surface area (Å²) in [4.78, 5) is 23.2. The van der Waals surface area contributed by atoms with Crippen LogP contribution in [-0.4, -0.2) is 65.2 Å². The summed E-state index contributed by atoms with van der Waals surface area (Å²) in [5, 5.41) is 3.16. The van der Waals surface area contributed by atoms with E-state index in [9.17, 15) is 14.0 Å². The SMILES string of the molecule is C1COCCN1.Cc1ccc(C=O)c(F)c1.Cc1ccc(C=O)c(N2CCOCC2)c1. The maximum absolute atomic E-state index is 12.6. The van der Waals surface area contributed by atoms with Crippen molar-refractivity contribution in [1.29, 1.82) is 0 Å². The molecule has 2 aliphatic rings. The van der Waals surface area contributed by atoms with Gasteiger partial charge < -0.3 is 19.7 Å². The van der Waals surface area contributed by atoms with Gasteiger partial charge in [0.15, 0.2) is 12.6 Å². The Morgan fingerprint density at radius 2 is 1.39 bits per heavy atom. The Kier molecular flexibility index (Phi) is 10.9. The Labute approximate surface area is 183 Å². The molecule has 0 saturated carbocycles. The smallest absolute Gasteiger partial charge is 0.152 e. The van der Waals surface area contributed by atoms with E-state index in [4.69, 9.17) is 9.47 Å². The number of anilines is 1. The van der Waals surface area contributed by atoms with E-state index >= 15 is 0 Å². The van der Waals surface area contributed by atoms with E-state index in [0.717, 1.165) is 75.7 Å². The quantitative estimate of drug-likeness (QED) is 0.755. The van der Waals surface area contributed by atoms with E-state index in [1.807, 2.05) is 19.1 Å². The summed E-state index contributed by atoms with van der Waals surface area (Å²) in [6, 6.07) is 10.4. The zero-order chi connectivity index (χ0) is 22.5. The predicted octanol–water partition coefficient (Wildman–Crippen LogP) is 3.20. The first-order valence-corrected chi connectivity index (χ1v) is 10.4. The van der Waals surface area contributed by atoms with E-state index in [1.54, 1.807) is 13.0 Å². The monoisotopic (exact) mass is 430 g/mol. The number of halogens is 1. The lowest BCUT2D eigenvalue weighted by molar-refractivity contribution is 0.109. The van der Waals surface area contributed by atoms with Crippen LogP contribution in [0.3, 0.4) is 0 Å². The zero-order valence-corrected chi connectivity index (χ0v) is 18.2. The molecule has 0 spiro atoms. The number of carbonyl (C=O) groups is 2. The minimum absolute atomic E-state index is 0.116. The van der Waals surface area contributed by atoms with Gasteiger partial charge in [-0.1, -0.05) is 12.1 Å². The van der Waals surface area contributed by atoms with Crippen molar-refractivity contribution in [1.82, 2.24) is 5.32 Å². The molecule has 0 bridgehead atoms. The Hall–Kier alpha value is -2.61. The van der Waals surface area contributed by atoms with Crippen molar-refractivity contribution >= 4 is 18.3 Å². The van der Waals surface area contributed by atoms with E-state index in [0.29, 0.717) is 6.29 Å². The molecule has 6 nitrogen and oxygen atoms in total. The van der Waals surface area contributed by atoms with Crippen molar-refractivity contribution in [2.24, 2.45) is 0 Å². The van der Waals surface area contributed by atoms with E-state index in [-0.39, 0.29) is 5.56 Å².